The molecule has 1 saturated heterocycles. The molecule has 1 aliphatic rings. The lowest BCUT2D eigenvalue weighted by atomic mass is 9.96. The van der Waals surface area contributed by atoms with Gasteiger partial charge in [0.15, 0.2) is 0 Å². The fraction of sp³-hybridized carbons (Fsp3) is 0.556. The van der Waals surface area contributed by atoms with Crippen molar-refractivity contribution in [3.63, 3.8) is 0 Å². The van der Waals surface area contributed by atoms with Gasteiger partial charge in [-0.1, -0.05) is 0 Å². The van der Waals surface area contributed by atoms with Crippen LogP contribution in [0.25, 0.3) is 0 Å². The predicted octanol–water partition coefficient (Wildman–Crippen LogP) is 3.40. The van der Waals surface area contributed by atoms with Crippen molar-refractivity contribution in [3.05, 3.63) is 20.8 Å². The molecular weight excluding hydrogens is 236 g/mol. The van der Waals surface area contributed by atoms with Crippen LogP contribution in [0.3, 0.4) is 0 Å². The maximum Gasteiger partial charge on any atom is 0.0734 e. The van der Waals surface area contributed by atoms with E-state index in [1.54, 1.807) is 11.3 Å². The molecule has 0 aromatic carbocycles. The lowest BCUT2D eigenvalue weighted by Crippen LogP contribution is -2.15. The highest BCUT2D eigenvalue weighted by Crippen LogP contribution is 2.34. The van der Waals surface area contributed by atoms with Crippen LogP contribution in [0.15, 0.2) is 15.2 Å². The van der Waals surface area contributed by atoms with Crippen molar-refractivity contribution in [1.82, 2.24) is 0 Å². The lowest BCUT2D eigenvalue weighted by molar-refractivity contribution is 0.0804. The van der Waals surface area contributed by atoms with Crippen LogP contribution in [0.4, 0.5) is 0 Å². The van der Waals surface area contributed by atoms with E-state index in [9.17, 15) is 0 Å². The Morgan fingerprint density at radius 3 is 3.08 bits per heavy atom. The van der Waals surface area contributed by atoms with E-state index in [1.807, 2.05) is 0 Å². The van der Waals surface area contributed by atoms with E-state index in [-0.39, 0.29) is 0 Å². The van der Waals surface area contributed by atoms with Gasteiger partial charge in [0.05, 0.1) is 10.4 Å². The molecule has 0 radical (unpaired) electrons. The van der Waals surface area contributed by atoms with E-state index in [1.165, 1.54) is 22.2 Å². The zero-order chi connectivity index (χ0) is 8.39. The minimum atomic E-state index is 0.624. The van der Waals surface area contributed by atoms with Crippen LogP contribution in [-0.4, -0.2) is 13.2 Å². The Morgan fingerprint density at radius 2 is 2.50 bits per heavy atom. The molecule has 0 aliphatic carbocycles. The van der Waals surface area contributed by atoms with Crippen molar-refractivity contribution < 1.29 is 4.74 Å². The summed E-state index contributed by atoms with van der Waals surface area (Å²) in [6.45, 7) is 1.84. The highest BCUT2D eigenvalue weighted by Gasteiger charge is 2.18. The summed E-state index contributed by atoms with van der Waals surface area (Å²) in [5.41, 5.74) is 1.43. The van der Waals surface area contributed by atoms with Gasteiger partial charge in [-0.2, -0.15) is 0 Å². The fourth-order valence-corrected chi connectivity index (χ4v) is 3.07. The number of thiophene rings is 1. The smallest absolute Gasteiger partial charge is 0.0734 e. The lowest BCUT2D eigenvalue weighted by Gasteiger charge is -2.21. The van der Waals surface area contributed by atoms with Gasteiger partial charge in [0.1, 0.15) is 0 Å². The zero-order valence-electron chi connectivity index (χ0n) is 6.75. The third-order valence-corrected chi connectivity index (χ3v) is 3.98. The predicted molar refractivity (Wildman–Crippen MR) is 54.8 cm³/mol. The summed E-state index contributed by atoms with van der Waals surface area (Å²) in [5.74, 6) is 0.624. The first kappa shape index (κ1) is 8.73. The molecule has 0 saturated carbocycles. The molecule has 0 spiro atoms. The number of rotatable bonds is 1. The molecule has 0 bridgehead atoms. The van der Waals surface area contributed by atoms with Crippen molar-refractivity contribution in [2.75, 3.05) is 13.2 Å². The van der Waals surface area contributed by atoms with Gasteiger partial charge in [-0.3, -0.25) is 0 Å². The maximum absolute atomic E-state index is 5.44. The van der Waals surface area contributed by atoms with Crippen LogP contribution >= 0.6 is 27.3 Å². The molecule has 3 heteroatoms. The van der Waals surface area contributed by atoms with Crippen molar-refractivity contribution in [2.45, 2.75) is 18.8 Å². The van der Waals surface area contributed by atoms with Crippen molar-refractivity contribution in [1.29, 1.82) is 0 Å². The second-order valence-corrected chi connectivity index (χ2v) is 5.30. The van der Waals surface area contributed by atoms with Crippen molar-refractivity contribution >= 4 is 27.3 Å². The third-order valence-electron chi connectivity index (χ3n) is 2.25. The van der Waals surface area contributed by atoms with Gasteiger partial charge in [-0.05, 0) is 45.8 Å². The third kappa shape index (κ3) is 1.73. The number of ether oxygens (including phenoxy) is 1. The average molecular weight is 247 g/mol. The fourth-order valence-electron chi connectivity index (χ4n) is 1.58. The highest BCUT2D eigenvalue weighted by molar-refractivity contribution is 9.11. The van der Waals surface area contributed by atoms with E-state index in [2.05, 4.69) is 27.4 Å². The molecule has 1 atom stereocenters. The number of hydrogen-bond donors (Lipinski definition) is 0. The van der Waals surface area contributed by atoms with Gasteiger partial charge in [-0.15, -0.1) is 11.3 Å². The van der Waals surface area contributed by atoms with Crippen LogP contribution in [0.5, 0.6) is 0 Å². The molecular formula is C9H11BrOS. The van der Waals surface area contributed by atoms with E-state index < -0.39 is 0 Å². The molecule has 1 fully saturated rings. The van der Waals surface area contributed by atoms with Crippen LogP contribution < -0.4 is 0 Å². The van der Waals surface area contributed by atoms with Gasteiger partial charge < -0.3 is 4.74 Å². The molecule has 1 aromatic heterocycles. The largest absolute Gasteiger partial charge is 0.381 e. The van der Waals surface area contributed by atoms with E-state index >= 15 is 0 Å². The van der Waals surface area contributed by atoms with E-state index in [4.69, 9.17) is 4.74 Å². The Balaban J connectivity index is 2.13. The van der Waals surface area contributed by atoms with E-state index in [0.29, 0.717) is 5.92 Å². The molecule has 66 valence electrons. The van der Waals surface area contributed by atoms with Gasteiger partial charge >= 0.3 is 0 Å². The molecule has 1 nitrogen and oxygen atoms in total. The van der Waals surface area contributed by atoms with Crippen molar-refractivity contribution in [3.8, 4) is 0 Å². The molecule has 2 rings (SSSR count). The Labute approximate surface area is 84.9 Å². The molecule has 1 aromatic rings. The first-order valence-electron chi connectivity index (χ1n) is 4.18. The molecule has 1 aliphatic heterocycles. The first-order valence-corrected chi connectivity index (χ1v) is 5.86. The Kier molecular flexibility index (Phi) is 2.84. The molecule has 12 heavy (non-hydrogen) atoms. The quantitative estimate of drug-likeness (QED) is 0.739. The molecule has 0 amide bonds. The second kappa shape index (κ2) is 3.90. The van der Waals surface area contributed by atoms with Crippen LogP contribution in [0.1, 0.15) is 24.3 Å². The summed E-state index contributed by atoms with van der Waals surface area (Å²) in [7, 11) is 0. The highest BCUT2D eigenvalue weighted by atomic mass is 79.9. The van der Waals surface area contributed by atoms with Gasteiger partial charge in [0.25, 0.3) is 0 Å². The normalized spacial score (nSPS) is 24.2. The van der Waals surface area contributed by atoms with Crippen LogP contribution in [0.2, 0.25) is 0 Å². The summed E-state index contributed by atoms with van der Waals surface area (Å²) >= 11 is 5.32. The number of hydrogen-bond acceptors (Lipinski definition) is 2. The maximum atomic E-state index is 5.44. The number of halogens is 1. The van der Waals surface area contributed by atoms with Gasteiger partial charge in [0.2, 0.25) is 0 Å². The summed E-state index contributed by atoms with van der Waals surface area (Å²) in [6.07, 6.45) is 2.47. The van der Waals surface area contributed by atoms with Crippen molar-refractivity contribution in [2.24, 2.45) is 0 Å². The average Bonchev–Trinajstić information content (AvgIpc) is 2.53. The topological polar surface area (TPSA) is 9.23 Å². The molecule has 2 heterocycles. The first-order chi connectivity index (χ1) is 5.88. The Hall–Kier alpha value is 0.140. The zero-order valence-corrected chi connectivity index (χ0v) is 9.16. The summed E-state index contributed by atoms with van der Waals surface area (Å²) in [6, 6.07) is 2.20. The van der Waals surface area contributed by atoms with Gasteiger partial charge in [0, 0.05) is 12.5 Å². The minimum Gasteiger partial charge on any atom is -0.381 e. The summed E-state index contributed by atoms with van der Waals surface area (Å²) in [4.78, 5) is 0. The SMILES string of the molecule is Brc1sccc1C1CCCOC1. The molecule has 0 N–H and O–H groups in total. The standard InChI is InChI=1S/C9H11BrOS/c10-9-8(3-5-12-9)7-2-1-4-11-6-7/h3,5,7H,1-2,4,6H2. The summed E-state index contributed by atoms with van der Waals surface area (Å²) < 4.78 is 6.72. The summed E-state index contributed by atoms with van der Waals surface area (Å²) in [5, 5.41) is 2.13. The minimum absolute atomic E-state index is 0.624. The van der Waals surface area contributed by atoms with Crippen LogP contribution in [0, 0.1) is 0 Å². The molecule has 1 unspecified atom stereocenters. The monoisotopic (exact) mass is 246 g/mol. The van der Waals surface area contributed by atoms with Gasteiger partial charge in [-0.25, -0.2) is 0 Å². The van der Waals surface area contributed by atoms with E-state index in [0.717, 1.165) is 13.2 Å². The Bertz CT molecular complexity index is 253. The van der Waals surface area contributed by atoms with Crippen LogP contribution in [-0.2, 0) is 4.74 Å². The second-order valence-electron chi connectivity index (χ2n) is 3.06. The Morgan fingerprint density at radius 1 is 1.58 bits per heavy atom.